The van der Waals surface area contributed by atoms with Crippen molar-refractivity contribution in [3.63, 3.8) is 0 Å². The van der Waals surface area contributed by atoms with E-state index in [1.807, 2.05) is 6.07 Å². The summed E-state index contributed by atoms with van der Waals surface area (Å²) in [6.07, 6.45) is -3.46. The van der Waals surface area contributed by atoms with E-state index in [2.05, 4.69) is 32.5 Å². The summed E-state index contributed by atoms with van der Waals surface area (Å²) in [6, 6.07) is 13.9. The van der Waals surface area contributed by atoms with Crippen LogP contribution in [0.15, 0.2) is 60.8 Å². The smallest absolute Gasteiger partial charge is 0.381 e. The number of nitrogens with one attached hydrogen (secondary N) is 2. The highest BCUT2D eigenvalue weighted by molar-refractivity contribution is 6.06. The molecule has 1 aliphatic rings. The number of halogens is 3. The topological polar surface area (TPSA) is 80.8 Å². The van der Waals surface area contributed by atoms with Crippen molar-refractivity contribution in [2.75, 3.05) is 50.5 Å². The lowest BCUT2D eigenvalue weighted by Crippen LogP contribution is -2.44. The molecule has 0 radical (unpaired) electrons. The summed E-state index contributed by atoms with van der Waals surface area (Å²) in [4.78, 5) is 33.5. The largest absolute Gasteiger partial charge is 0.491 e. The van der Waals surface area contributed by atoms with Gasteiger partial charge in [-0.05, 0) is 67.1 Å². The zero-order chi connectivity index (χ0) is 28.9. The number of carbonyl (C=O) groups is 2. The quantitative estimate of drug-likeness (QED) is 0.405. The molecule has 1 fully saturated rings. The Hall–Kier alpha value is -3.96. The summed E-state index contributed by atoms with van der Waals surface area (Å²) in [5, 5.41) is 5.62. The lowest BCUT2D eigenvalue weighted by Gasteiger charge is -2.32. The maximum atomic E-state index is 14.3. The van der Waals surface area contributed by atoms with Gasteiger partial charge in [-0.15, -0.1) is 13.2 Å². The molecule has 0 saturated carbocycles. The Morgan fingerprint density at radius 3 is 2.48 bits per heavy atom. The third kappa shape index (κ3) is 7.16. The first-order valence-corrected chi connectivity index (χ1v) is 13.0. The first kappa shape index (κ1) is 29.0. The molecule has 2 heterocycles. The van der Waals surface area contributed by atoms with E-state index in [1.54, 1.807) is 37.3 Å². The number of carbonyl (C=O) groups excluding carboxylic acids is 2. The van der Waals surface area contributed by atoms with E-state index in [1.165, 1.54) is 31.4 Å². The lowest BCUT2D eigenvalue weighted by molar-refractivity contribution is -0.122. The van der Waals surface area contributed by atoms with Gasteiger partial charge in [-0.1, -0.05) is 18.2 Å². The molecule has 2 amide bonds. The molecule has 1 saturated heterocycles. The van der Waals surface area contributed by atoms with Crippen molar-refractivity contribution in [1.82, 2.24) is 20.1 Å². The van der Waals surface area contributed by atoms with Crippen LogP contribution in [-0.2, 0) is 13.1 Å². The summed E-state index contributed by atoms with van der Waals surface area (Å²) in [6.45, 7) is 6.08. The minimum absolute atomic E-state index is 0.0253. The van der Waals surface area contributed by atoms with Crippen LogP contribution < -0.4 is 15.5 Å². The van der Waals surface area contributed by atoms with E-state index >= 15 is 0 Å². The van der Waals surface area contributed by atoms with Gasteiger partial charge in [0.05, 0.1) is 5.69 Å². The molecule has 2 N–H and O–H groups in total. The van der Waals surface area contributed by atoms with Crippen LogP contribution in [0.5, 0.6) is 0 Å². The summed E-state index contributed by atoms with van der Waals surface area (Å²) < 4.78 is 43.0. The number of rotatable bonds is 8. The van der Waals surface area contributed by atoms with Crippen molar-refractivity contribution in [1.29, 1.82) is 0 Å². The van der Waals surface area contributed by atoms with E-state index in [4.69, 9.17) is 0 Å². The van der Waals surface area contributed by atoms with Gasteiger partial charge in [0.1, 0.15) is 5.69 Å². The standard InChI is InChI=1S/C29H33F3N6O2/c1-20-7-8-25(16-23(20)18-35-24-9-10-34-26(17-24)27(39)33-2)38(29(30,31)32)28(40)22-6-4-5-21(15-22)19-37-13-11-36(3)12-14-37/h4-10,15-17H,11-14,18-19H2,1-3H3,(H,33,39)(H,34,35). The number of anilines is 2. The van der Waals surface area contributed by atoms with Gasteiger partial charge >= 0.3 is 6.30 Å². The number of alkyl halides is 3. The van der Waals surface area contributed by atoms with Crippen LogP contribution in [-0.4, -0.2) is 73.2 Å². The SMILES string of the molecule is CNC(=O)c1cc(NCc2cc(N(C(=O)c3cccc(CN4CCN(C)CC4)c3)C(F)(F)F)ccc2C)ccn1. The Balaban J connectivity index is 1.55. The first-order valence-electron chi connectivity index (χ1n) is 13.0. The second-order valence-electron chi connectivity index (χ2n) is 9.86. The number of likely N-dealkylation sites (N-methyl/N-ethyl adjacent to an activating group) is 1. The molecular weight excluding hydrogens is 521 g/mol. The second kappa shape index (κ2) is 12.5. The summed E-state index contributed by atoms with van der Waals surface area (Å²) in [5.41, 5.74) is 2.61. The van der Waals surface area contributed by atoms with Gasteiger partial charge in [-0.25, -0.2) is 4.90 Å². The maximum absolute atomic E-state index is 14.3. The lowest BCUT2D eigenvalue weighted by atomic mass is 10.1. The van der Waals surface area contributed by atoms with Gasteiger partial charge in [0, 0.05) is 63.8 Å². The summed E-state index contributed by atoms with van der Waals surface area (Å²) >= 11 is 0. The Morgan fingerprint density at radius 1 is 1.02 bits per heavy atom. The predicted molar refractivity (Wildman–Crippen MR) is 148 cm³/mol. The molecule has 11 heteroatoms. The molecular formula is C29H33F3N6O2. The molecule has 212 valence electrons. The fourth-order valence-electron chi connectivity index (χ4n) is 4.55. The predicted octanol–water partition coefficient (Wildman–Crippen LogP) is 4.28. The van der Waals surface area contributed by atoms with Gasteiger partial charge in [0.25, 0.3) is 11.8 Å². The Morgan fingerprint density at radius 2 is 1.77 bits per heavy atom. The van der Waals surface area contributed by atoms with Gasteiger partial charge in [0.2, 0.25) is 0 Å². The minimum atomic E-state index is -4.93. The molecule has 0 aliphatic carbocycles. The van der Waals surface area contributed by atoms with Gasteiger partial charge in [-0.3, -0.25) is 19.5 Å². The van der Waals surface area contributed by atoms with Crippen molar-refractivity contribution in [3.05, 3.63) is 88.7 Å². The molecule has 3 aromatic rings. The molecule has 4 rings (SSSR count). The number of aryl methyl sites for hydroxylation is 1. The number of nitrogens with zero attached hydrogens (tertiary/aromatic N) is 4. The normalized spacial score (nSPS) is 14.6. The Bertz CT molecular complexity index is 1360. The van der Waals surface area contributed by atoms with Crippen molar-refractivity contribution < 1.29 is 22.8 Å². The molecule has 1 aromatic heterocycles. The average Bonchev–Trinajstić information content (AvgIpc) is 2.93. The molecule has 1 aliphatic heterocycles. The molecule has 0 unspecified atom stereocenters. The van der Waals surface area contributed by atoms with Crippen LogP contribution in [0.1, 0.15) is 37.5 Å². The van der Waals surface area contributed by atoms with E-state index < -0.39 is 12.2 Å². The van der Waals surface area contributed by atoms with Crippen molar-refractivity contribution in [3.8, 4) is 0 Å². The van der Waals surface area contributed by atoms with E-state index in [9.17, 15) is 22.8 Å². The number of pyridine rings is 1. The third-order valence-corrected chi connectivity index (χ3v) is 6.93. The summed E-state index contributed by atoms with van der Waals surface area (Å²) in [7, 11) is 3.55. The molecule has 0 atom stereocenters. The van der Waals surface area contributed by atoms with Crippen LogP contribution in [0.25, 0.3) is 0 Å². The van der Waals surface area contributed by atoms with E-state index in [0.29, 0.717) is 17.8 Å². The van der Waals surface area contributed by atoms with Crippen molar-refractivity contribution >= 4 is 23.2 Å². The Kier molecular flexibility index (Phi) is 9.06. The number of benzene rings is 2. The average molecular weight is 555 g/mol. The summed E-state index contributed by atoms with van der Waals surface area (Å²) in [5.74, 6) is -1.49. The third-order valence-electron chi connectivity index (χ3n) is 6.93. The van der Waals surface area contributed by atoms with E-state index in [0.717, 1.165) is 37.3 Å². The van der Waals surface area contributed by atoms with Crippen LogP contribution >= 0.6 is 0 Å². The zero-order valence-corrected chi connectivity index (χ0v) is 22.8. The van der Waals surface area contributed by atoms with Gasteiger partial charge < -0.3 is 15.5 Å². The van der Waals surface area contributed by atoms with Crippen molar-refractivity contribution in [2.24, 2.45) is 0 Å². The van der Waals surface area contributed by atoms with E-state index in [-0.39, 0.29) is 34.3 Å². The molecule has 0 spiro atoms. The highest BCUT2D eigenvalue weighted by atomic mass is 19.4. The highest BCUT2D eigenvalue weighted by Gasteiger charge is 2.43. The number of hydrogen-bond donors (Lipinski definition) is 2. The maximum Gasteiger partial charge on any atom is 0.491 e. The van der Waals surface area contributed by atoms with Crippen LogP contribution in [0.3, 0.4) is 0 Å². The number of aromatic nitrogens is 1. The number of hydrogen-bond acceptors (Lipinski definition) is 6. The molecule has 8 nitrogen and oxygen atoms in total. The van der Waals surface area contributed by atoms with Crippen LogP contribution in [0.4, 0.5) is 24.5 Å². The molecule has 40 heavy (non-hydrogen) atoms. The monoisotopic (exact) mass is 554 g/mol. The zero-order valence-electron chi connectivity index (χ0n) is 22.8. The van der Waals surface area contributed by atoms with Crippen LogP contribution in [0.2, 0.25) is 0 Å². The second-order valence-corrected chi connectivity index (χ2v) is 9.86. The number of amides is 2. The first-order chi connectivity index (χ1) is 19.0. The fourth-order valence-corrected chi connectivity index (χ4v) is 4.55. The fraction of sp³-hybridized carbons (Fsp3) is 0.345. The molecule has 2 aromatic carbocycles. The highest BCUT2D eigenvalue weighted by Crippen LogP contribution is 2.32. The molecule has 0 bridgehead atoms. The van der Waals surface area contributed by atoms with Gasteiger partial charge in [0.15, 0.2) is 0 Å². The minimum Gasteiger partial charge on any atom is -0.381 e. The number of piperazine rings is 1. The van der Waals surface area contributed by atoms with Crippen LogP contribution in [0, 0.1) is 6.92 Å². The van der Waals surface area contributed by atoms with Crippen molar-refractivity contribution in [2.45, 2.75) is 26.3 Å². The Labute approximate surface area is 231 Å². The van der Waals surface area contributed by atoms with Gasteiger partial charge in [-0.2, -0.15) is 0 Å².